The van der Waals surface area contributed by atoms with Crippen molar-refractivity contribution in [2.75, 3.05) is 11.9 Å². The molecule has 2 aliphatic rings. The second-order valence-electron chi connectivity index (χ2n) is 20.9. The fraction of sp³-hybridized carbons (Fsp3) is 0.0400. The van der Waals surface area contributed by atoms with Crippen LogP contribution in [0.4, 0.5) is 11.4 Å². The van der Waals surface area contributed by atoms with Gasteiger partial charge < -0.3 is 19.0 Å². The van der Waals surface area contributed by atoms with E-state index in [0.29, 0.717) is 0 Å². The molecule has 16 rings (SSSR count). The first-order valence-electron chi connectivity index (χ1n) is 27.1. The summed E-state index contributed by atoms with van der Waals surface area (Å²) < 4.78 is 4.89. The summed E-state index contributed by atoms with van der Waals surface area (Å²) in [5.41, 5.74) is 23.3. The maximum absolute atomic E-state index is 6.02. The average molecular weight is 1010 g/mol. The topological polar surface area (TPSA) is 28.9 Å². The lowest BCUT2D eigenvalue weighted by Gasteiger charge is -2.33. The zero-order valence-corrected chi connectivity index (χ0v) is 43.8. The molecule has 1 N–H and O–H groups in total. The summed E-state index contributed by atoms with van der Waals surface area (Å²) >= 11 is 0. The fourth-order valence-corrected chi connectivity index (χ4v) is 13.5. The Morgan fingerprint density at radius 2 is 0.861 bits per heavy atom. The first kappa shape index (κ1) is 46.0. The molecular weight excluding hydrogens is 957 g/mol. The van der Waals surface area contributed by atoms with Crippen LogP contribution in [0.3, 0.4) is 0 Å². The number of aromatic nitrogens is 3. The third-order valence-corrected chi connectivity index (χ3v) is 16.9. The van der Waals surface area contributed by atoms with Gasteiger partial charge in [-0.05, 0) is 148 Å². The van der Waals surface area contributed by atoms with Crippen molar-refractivity contribution >= 4 is 82.4 Å². The molecule has 0 saturated heterocycles. The number of nitrogens with zero attached hydrogens (tertiary/aromatic N) is 3. The summed E-state index contributed by atoms with van der Waals surface area (Å²) in [6, 6.07) is 92.7. The standard InChI is InChI=1S/C63H43N3.C12H9N/c1-4-5-21-46-41(2)63(56-39-44(33-36-48(46)56)65-59-28-15-10-23-51(59)52-24-11-16-29-60(52)65)55-38-43(64(3)58-27-14-9-22-47(58)42-19-7-6-8-20-42)32-35-49(55)50-37-34-45(40-57(50)63)66-61-30-17-12-25-53(61)54-26-13-18-31-62(54)66;1-3-7-11-9(5-1)10-6-2-4-8-12(10)13-11/h1,5-40H,2-3H3;1-8,13H/b21-5-;. The molecule has 0 fully saturated rings. The van der Waals surface area contributed by atoms with Crippen molar-refractivity contribution in [3.8, 4) is 46.0 Å². The van der Waals surface area contributed by atoms with Gasteiger partial charge >= 0.3 is 0 Å². The van der Waals surface area contributed by atoms with Crippen LogP contribution in [-0.2, 0) is 5.41 Å². The van der Waals surface area contributed by atoms with E-state index in [1.807, 2.05) is 6.08 Å². The zero-order chi connectivity index (χ0) is 52.8. The summed E-state index contributed by atoms with van der Waals surface area (Å²) in [6.07, 6.45) is 10.0. The number of H-pyrrole nitrogens is 1. The van der Waals surface area contributed by atoms with Crippen LogP contribution < -0.4 is 4.90 Å². The predicted molar refractivity (Wildman–Crippen MR) is 333 cm³/mol. The van der Waals surface area contributed by atoms with E-state index < -0.39 is 5.41 Å². The molecule has 1 unspecified atom stereocenters. The van der Waals surface area contributed by atoms with E-state index in [1.165, 1.54) is 115 Å². The van der Waals surface area contributed by atoms with E-state index >= 15 is 0 Å². The quantitative estimate of drug-likeness (QED) is 0.165. The number of nitrogens with one attached hydrogen (secondary N) is 1. The molecule has 4 heteroatoms. The van der Waals surface area contributed by atoms with Crippen molar-refractivity contribution in [2.45, 2.75) is 12.3 Å². The number of allylic oxidation sites excluding steroid dienone is 4. The molecule has 1 spiro atoms. The van der Waals surface area contributed by atoms with Crippen LogP contribution in [0, 0.1) is 12.3 Å². The molecule has 3 heterocycles. The Hall–Kier alpha value is -10.3. The van der Waals surface area contributed by atoms with E-state index in [4.69, 9.17) is 6.42 Å². The SMILES string of the molecule is C#C/C=C\C1=C(C)C2(c3cc(-n4c5ccccc5c5ccccc54)ccc31)c1cc(N(C)c3ccccc3-c3ccccc3)ccc1-c1ccc(-n3c4ccccc4c4ccccc43)cc12.c1ccc2c(c1)[nH]c1ccccc12. The molecule has 1 atom stereocenters. The Morgan fingerprint density at radius 3 is 1.41 bits per heavy atom. The van der Waals surface area contributed by atoms with E-state index in [-0.39, 0.29) is 0 Å². The lowest BCUT2D eigenvalue weighted by atomic mass is 9.70. The van der Waals surface area contributed by atoms with Gasteiger partial charge in [-0.15, -0.1) is 6.42 Å². The highest BCUT2D eigenvalue weighted by molar-refractivity contribution is 6.11. The first-order chi connectivity index (χ1) is 39.0. The molecule has 0 radical (unpaired) electrons. The van der Waals surface area contributed by atoms with Gasteiger partial charge in [-0.25, -0.2) is 0 Å². The molecule has 0 aliphatic heterocycles. The number of fused-ring (bicyclic) bond motifs is 16. The van der Waals surface area contributed by atoms with Crippen LogP contribution in [0.2, 0.25) is 0 Å². The lowest BCUT2D eigenvalue weighted by molar-refractivity contribution is 0.764. The van der Waals surface area contributed by atoms with Crippen molar-refractivity contribution in [2.24, 2.45) is 0 Å². The van der Waals surface area contributed by atoms with Crippen molar-refractivity contribution < 1.29 is 0 Å². The monoisotopic (exact) mass is 1010 g/mol. The molecule has 11 aromatic carbocycles. The number of hydrogen-bond acceptors (Lipinski definition) is 1. The van der Waals surface area contributed by atoms with Crippen LogP contribution in [0.15, 0.2) is 273 Å². The minimum atomic E-state index is -0.659. The van der Waals surface area contributed by atoms with Gasteiger partial charge in [-0.3, -0.25) is 0 Å². The second-order valence-corrected chi connectivity index (χ2v) is 20.9. The summed E-state index contributed by atoms with van der Waals surface area (Å²) in [5, 5.41) is 7.58. The van der Waals surface area contributed by atoms with Crippen LogP contribution in [0.25, 0.3) is 105 Å². The minimum absolute atomic E-state index is 0.659. The Kier molecular flexibility index (Phi) is 10.6. The molecule has 0 amide bonds. The normalized spacial score (nSPS) is 14.4. The van der Waals surface area contributed by atoms with Gasteiger partial charge in [0.2, 0.25) is 0 Å². The maximum atomic E-state index is 6.02. The number of para-hydroxylation sites is 7. The number of benzene rings is 11. The van der Waals surface area contributed by atoms with E-state index in [1.54, 1.807) is 0 Å². The zero-order valence-electron chi connectivity index (χ0n) is 43.8. The summed E-state index contributed by atoms with van der Waals surface area (Å²) in [5.74, 6) is 2.83. The van der Waals surface area contributed by atoms with Crippen LogP contribution in [0.1, 0.15) is 29.2 Å². The highest BCUT2D eigenvalue weighted by Crippen LogP contribution is 2.63. The van der Waals surface area contributed by atoms with Gasteiger partial charge in [0.15, 0.2) is 0 Å². The number of anilines is 2. The average Bonchev–Trinajstić information content (AvgIpc) is 2.45. The summed E-state index contributed by atoms with van der Waals surface area (Å²) in [6.45, 7) is 2.34. The Morgan fingerprint density at radius 1 is 0.430 bits per heavy atom. The molecular formula is C75H52N4. The number of aromatic amines is 1. The smallest absolute Gasteiger partial charge is 0.0688 e. The molecule has 79 heavy (non-hydrogen) atoms. The Balaban J connectivity index is 0.000000362. The van der Waals surface area contributed by atoms with Gasteiger partial charge in [0.1, 0.15) is 0 Å². The Labute approximate surface area is 459 Å². The summed E-state index contributed by atoms with van der Waals surface area (Å²) in [7, 11) is 2.20. The third kappa shape index (κ3) is 6.90. The van der Waals surface area contributed by atoms with Gasteiger partial charge in [0.25, 0.3) is 0 Å². The fourth-order valence-electron chi connectivity index (χ4n) is 13.5. The molecule has 2 aliphatic carbocycles. The molecule has 0 saturated carbocycles. The minimum Gasteiger partial charge on any atom is -0.355 e. The van der Waals surface area contributed by atoms with E-state index in [0.717, 1.165) is 28.3 Å². The van der Waals surface area contributed by atoms with Gasteiger partial charge in [0.05, 0.1) is 27.5 Å². The molecule has 14 aromatic rings. The second kappa shape index (κ2) is 18.2. The van der Waals surface area contributed by atoms with Gasteiger partial charge in [-0.2, -0.15) is 0 Å². The lowest BCUT2D eigenvalue weighted by Crippen LogP contribution is -2.27. The van der Waals surface area contributed by atoms with Crippen molar-refractivity contribution in [1.82, 2.24) is 14.1 Å². The number of rotatable bonds is 6. The van der Waals surface area contributed by atoms with Crippen LogP contribution in [0.5, 0.6) is 0 Å². The predicted octanol–water partition coefficient (Wildman–Crippen LogP) is 18.9. The molecule has 3 aromatic heterocycles. The summed E-state index contributed by atoms with van der Waals surface area (Å²) in [4.78, 5) is 5.73. The van der Waals surface area contributed by atoms with Crippen molar-refractivity contribution in [3.63, 3.8) is 0 Å². The number of terminal acetylenes is 1. The van der Waals surface area contributed by atoms with E-state index in [9.17, 15) is 0 Å². The van der Waals surface area contributed by atoms with Crippen molar-refractivity contribution in [1.29, 1.82) is 0 Å². The molecule has 372 valence electrons. The Bertz CT molecular complexity index is 4740. The van der Waals surface area contributed by atoms with Gasteiger partial charge in [-0.1, -0.05) is 182 Å². The third-order valence-electron chi connectivity index (χ3n) is 16.9. The molecule has 4 nitrogen and oxygen atoms in total. The highest BCUT2D eigenvalue weighted by atomic mass is 15.1. The maximum Gasteiger partial charge on any atom is 0.0688 e. The van der Waals surface area contributed by atoms with Crippen LogP contribution >= 0.6 is 0 Å². The van der Waals surface area contributed by atoms with Gasteiger partial charge in [0, 0.05) is 78.7 Å². The number of hydrogen-bond donors (Lipinski definition) is 1. The van der Waals surface area contributed by atoms with Crippen molar-refractivity contribution in [3.05, 3.63) is 295 Å². The first-order valence-corrected chi connectivity index (χ1v) is 27.1. The van der Waals surface area contributed by atoms with Crippen LogP contribution in [-0.4, -0.2) is 21.2 Å². The highest BCUT2D eigenvalue weighted by Gasteiger charge is 2.52. The molecule has 0 bridgehead atoms. The van der Waals surface area contributed by atoms with E-state index in [2.05, 4.69) is 300 Å². The largest absolute Gasteiger partial charge is 0.355 e.